The molecule has 0 bridgehead atoms. The van der Waals surface area contributed by atoms with Crippen LogP contribution in [0.4, 0.5) is 5.13 Å². The van der Waals surface area contributed by atoms with Gasteiger partial charge in [-0.2, -0.15) is 0 Å². The summed E-state index contributed by atoms with van der Waals surface area (Å²) in [4.78, 5) is 18.2. The topological polar surface area (TPSA) is 72.5 Å². The number of hydrogen-bond donors (Lipinski definition) is 2. The maximum Gasteiger partial charge on any atom is 0.257 e. The Labute approximate surface area is 151 Å². The summed E-state index contributed by atoms with van der Waals surface area (Å²) in [5.74, 6) is 1.56. The Kier molecular flexibility index (Phi) is 5.55. The summed E-state index contributed by atoms with van der Waals surface area (Å²) in [5.41, 5.74) is 1.35. The molecule has 1 aliphatic rings. The quantitative estimate of drug-likeness (QED) is 0.856. The van der Waals surface area contributed by atoms with E-state index in [0.717, 1.165) is 31.5 Å². The van der Waals surface area contributed by atoms with Gasteiger partial charge in [0.05, 0.1) is 14.2 Å². The van der Waals surface area contributed by atoms with E-state index in [1.807, 2.05) is 13.1 Å². The van der Waals surface area contributed by atoms with Gasteiger partial charge in [0.25, 0.3) is 5.91 Å². The second-order valence-corrected chi connectivity index (χ2v) is 7.11. The number of piperidine rings is 1. The van der Waals surface area contributed by atoms with Gasteiger partial charge in [-0.05, 0) is 50.9 Å². The number of methoxy groups -OCH3 is 2. The monoisotopic (exact) mass is 361 g/mol. The minimum atomic E-state index is -0.220. The number of rotatable bonds is 5. The van der Waals surface area contributed by atoms with E-state index < -0.39 is 0 Å². The zero-order valence-corrected chi connectivity index (χ0v) is 15.5. The Morgan fingerprint density at radius 2 is 1.88 bits per heavy atom. The summed E-state index contributed by atoms with van der Waals surface area (Å²) in [6.07, 6.45) is 4.11. The molecule has 0 spiro atoms. The number of nitrogens with zero attached hydrogens (tertiary/aromatic N) is 1. The lowest BCUT2D eigenvalue weighted by Crippen LogP contribution is -2.26. The number of ether oxygens (including phenoxy) is 2. The average Bonchev–Trinajstić information content (AvgIpc) is 3.11. The zero-order valence-electron chi connectivity index (χ0n) is 14.7. The van der Waals surface area contributed by atoms with Crippen LogP contribution in [0.3, 0.4) is 0 Å². The molecule has 1 fully saturated rings. The van der Waals surface area contributed by atoms with Gasteiger partial charge in [0, 0.05) is 22.2 Å². The van der Waals surface area contributed by atoms with Gasteiger partial charge in [-0.1, -0.05) is 0 Å². The molecule has 2 aromatic rings. The van der Waals surface area contributed by atoms with Gasteiger partial charge in [-0.25, -0.2) is 4.98 Å². The van der Waals surface area contributed by atoms with Crippen LogP contribution in [0.2, 0.25) is 0 Å². The first-order valence-corrected chi connectivity index (χ1v) is 9.14. The largest absolute Gasteiger partial charge is 0.496 e. The second kappa shape index (κ2) is 7.84. The number of anilines is 1. The number of hydrogen-bond acceptors (Lipinski definition) is 6. The normalized spacial score (nSPS) is 15.0. The molecule has 1 aromatic heterocycles. The third kappa shape index (κ3) is 3.93. The number of carbonyl (C=O) groups excluding carboxylic acids is 1. The van der Waals surface area contributed by atoms with Gasteiger partial charge < -0.3 is 14.8 Å². The molecule has 3 rings (SSSR count). The summed E-state index contributed by atoms with van der Waals surface area (Å²) < 4.78 is 10.7. The molecule has 134 valence electrons. The Bertz CT molecular complexity index is 729. The van der Waals surface area contributed by atoms with Gasteiger partial charge in [0.1, 0.15) is 11.5 Å². The van der Waals surface area contributed by atoms with E-state index in [0.29, 0.717) is 28.1 Å². The third-order valence-electron chi connectivity index (χ3n) is 4.50. The standard InChI is InChI=1S/C18H23N3O3S/c1-11-14(23-2)8-13(9-15(11)24-3)17(22)21-18-20-10-16(25-18)12-4-6-19-7-5-12/h8-10,12,19H,4-7H2,1-3H3,(H,20,21,22). The van der Waals surface area contributed by atoms with Crippen molar-refractivity contribution in [2.45, 2.75) is 25.7 Å². The fourth-order valence-electron chi connectivity index (χ4n) is 3.03. The summed E-state index contributed by atoms with van der Waals surface area (Å²) >= 11 is 1.55. The second-order valence-electron chi connectivity index (χ2n) is 6.05. The van der Waals surface area contributed by atoms with Gasteiger partial charge in [0.15, 0.2) is 5.13 Å². The number of aromatic nitrogens is 1. The molecular weight excluding hydrogens is 338 g/mol. The van der Waals surface area contributed by atoms with Crippen LogP contribution in [-0.4, -0.2) is 38.2 Å². The van der Waals surface area contributed by atoms with Crippen LogP contribution in [0.15, 0.2) is 18.3 Å². The molecule has 6 nitrogen and oxygen atoms in total. The molecule has 1 saturated heterocycles. The van der Waals surface area contributed by atoms with E-state index in [1.54, 1.807) is 37.7 Å². The van der Waals surface area contributed by atoms with E-state index >= 15 is 0 Å². The number of carbonyl (C=O) groups is 1. The molecule has 0 aliphatic carbocycles. The van der Waals surface area contributed by atoms with E-state index in [-0.39, 0.29) is 5.91 Å². The van der Waals surface area contributed by atoms with E-state index in [4.69, 9.17) is 9.47 Å². The minimum Gasteiger partial charge on any atom is -0.496 e. The Hall–Kier alpha value is -2.12. The molecule has 0 unspecified atom stereocenters. The zero-order chi connectivity index (χ0) is 17.8. The predicted octanol–water partition coefficient (Wildman–Crippen LogP) is 3.19. The highest BCUT2D eigenvalue weighted by atomic mass is 32.1. The van der Waals surface area contributed by atoms with E-state index in [9.17, 15) is 4.79 Å². The Morgan fingerprint density at radius 3 is 2.48 bits per heavy atom. The van der Waals surface area contributed by atoms with Gasteiger partial charge in [-0.15, -0.1) is 11.3 Å². The van der Waals surface area contributed by atoms with Crippen LogP contribution in [0, 0.1) is 6.92 Å². The SMILES string of the molecule is COc1cc(C(=O)Nc2ncc(C3CCNCC3)s2)cc(OC)c1C. The van der Waals surface area contributed by atoms with E-state index in [1.165, 1.54) is 4.88 Å². The molecule has 0 saturated carbocycles. The number of benzene rings is 1. The molecule has 0 radical (unpaired) electrons. The molecule has 1 aromatic carbocycles. The molecule has 7 heteroatoms. The predicted molar refractivity (Wildman–Crippen MR) is 99.2 cm³/mol. The van der Waals surface area contributed by atoms with E-state index in [2.05, 4.69) is 15.6 Å². The summed E-state index contributed by atoms with van der Waals surface area (Å²) in [6.45, 7) is 3.96. The number of nitrogens with one attached hydrogen (secondary N) is 2. The molecule has 2 N–H and O–H groups in total. The smallest absolute Gasteiger partial charge is 0.257 e. The van der Waals surface area contributed by atoms with Crippen molar-refractivity contribution in [3.63, 3.8) is 0 Å². The van der Waals surface area contributed by atoms with Crippen LogP contribution >= 0.6 is 11.3 Å². The first-order chi connectivity index (χ1) is 12.1. The van der Waals surface area contributed by atoms with Crippen molar-refractivity contribution in [1.82, 2.24) is 10.3 Å². The molecule has 25 heavy (non-hydrogen) atoms. The summed E-state index contributed by atoms with van der Waals surface area (Å²) in [5, 5.41) is 6.87. The van der Waals surface area contributed by atoms with Gasteiger partial charge in [-0.3, -0.25) is 10.1 Å². The molecule has 1 amide bonds. The summed E-state index contributed by atoms with van der Waals surface area (Å²) in [7, 11) is 3.16. The van der Waals surface area contributed by atoms with Crippen LogP contribution in [0.25, 0.3) is 0 Å². The lowest BCUT2D eigenvalue weighted by Gasteiger charge is -2.20. The van der Waals surface area contributed by atoms with Crippen molar-refractivity contribution in [2.24, 2.45) is 0 Å². The Balaban J connectivity index is 1.75. The van der Waals surface area contributed by atoms with Crippen LogP contribution in [0.1, 0.15) is 39.6 Å². The van der Waals surface area contributed by atoms with Crippen molar-refractivity contribution in [1.29, 1.82) is 0 Å². The van der Waals surface area contributed by atoms with Crippen LogP contribution < -0.4 is 20.1 Å². The minimum absolute atomic E-state index is 0.220. The average molecular weight is 361 g/mol. The first kappa shape index (κ1) is 17.7. The molecule has 0 atom stereocenters. The van der Waals surface area contributed by atoms with Crippen molar-refractivity contribution in [3.05, 3.63) is 34.3 Å². The maximum absolute atomic E-state index is 12.6. The lowest BCUT2D eigenvalue weighted by molar-refractivity contribution is 0.102. The number of amides is 1. The van der Waals surface area contributed by atoms with Crippen LogP contribution in [-0.2, 0) is 0 Å². The molecule has 2 heterocycles. The van der Waals surface area contributed by atoms with Crippen molar-refractivity contribution in [3.8, 4) is 11.5 Å². The van der Waals surface area contributed by atoms with Gasteiger partial charge in [0.2, 0.25) is 0 Å². The summed E-state index contributed by atoms with van der Waals surface area (Å²) in [6, 6.07) is 3.43. The lowest BCUT2D eigenvalue weighted by atomic mass is 9.97. The fourth-order valence-corrected chi connectivity index (χ4v) is 4.01. The fraction of sp³-hybridized carbons (Fsp3) is 0.444. The van der Waals surface area contributed by atoms with Crippen LogP contribution in [0.5, 0.6) is 11.5 Å². The van der Waals surface area contributed by atoms with Crippen molar-refractivity contribution >= 4 is 22.4 Å². The van der Waals surface area contributed by atoms with Crippen molar-refractivity contribution in [2.75, 3.05) is 32.6 Å². The highest BCUT2D eigenvalue weighted by Crippen LogP contribution is 2.33. The number of thiazole rings is 1. The maximum atomic E-state index is 12.6. The Morgan fingerprint density at radius 1 is 1.24 bits per heavy atom. The van der Waals surface area contributed by atoms with Gasteiger partial charge >= 0.3 is 0 Å². The highest BCUT2D eigenvalue weighted by Gasteiger charge is 2.19. The first-order valence-electron chi connectivity index (χ1n) is 8.32. The molecule has 1 aliphatic heterocycles. The van der Waals surface area contributed by atoms with Crippen molar-refractivity contribution < 1.29 is 14.3 Å². The molecular formula is C18H23N3O3S. The highest BCUT2D eigenvalue weighted by molar-refractivity contribution is 7.15. The third-order valence-corrected chi connectivity index (χ3v) is 5.58.